The highest BCUT2D eigenvalue weighted by atomic mass is 16.2. The Balaban J connectivity index is 1.92. The number of unbranched alkanes of at least 4 members (excludes halogenated alkanes) is 3. The van der Waals surface area contributed by atoms with Gasteiger partial charge in [0.05, 0.1) is 0 Å². The van der Waals surface area contributed by atoms with Crippen molar-refractivity contribution in [2.45, 2.75) is 70.8 Å². The minimum atomic E-state index is -0.0268. The van der Waals surface area contributed by atoms with E-state index in [0.29, 0.717) is 0 Å². The van der Waals surface area contributed by atoms with Gasteiger partial charge in [-0.2, -0.15) is 0 Å². The summed E-state index contributed by atoms with van der Waals surface area (Å²) >= 11 is 0. The van der Waals surface area contributed by atoms with Crippen LogP contribution in [0.2, 0.25) is 0 Å². The van der Waals surface area contributed by atoms with E-state index in [1.54, 1.807) is 0 Å². The number of rotatable bonds is 13. The van der Waals surface area contributed by atoms with E-state index in [0.717, 1.165) is 32.1 Å². The highest BCUT2D eigenvalue weighted by Crippen LogP contribution is 2.23. The van der Waals surface area contributed by atoms with Crippen LogP contribution in [-0.4, -0.2) is 16.8 Å². The van der Waals surface area contributed by atoms with Gasteiger partial charge in [-0.05, 0) is 44.9 Å². The molecule has 1 saturated heterocycles. The Kier molecular flexibility index (Phi) is 11.2. The topological polar surface area (TPSA) is 20.1 Å². The van der Waals surface area contributed by atoms with E-state index in [-0.39, 0.29) is 11.9 Å². The molecule has 0 aromatic heterocycles. The second kappa shape index (κ2) is 13.4. The standard InChI is InChI=1S/C22H31NO/c1-3-5-6-7-8-9-10-11-12-13-14-15-16-17-18-19-20-21-22(24)23(21)4-2/h2,8-9,11-12,14-15,17-18,21H,3,5-7,10,13,16,19-20H2,1H3/b9-8-,12-11-,15-14-,18-17-. The van der Waals surface area contributed by atoms with Crippen molar-refractivity contribution in [3.63, 3.8) is 0 Å². The van der Waals surface area contributed by atoms with Crippen molar-refractivity contribution in [1.29, 1.82) is 0 Å². The predicted molar refractivity (Wildman–Crippen MR) is 103 cm³/mol. The lowest BCUT2D eigenvalue weighted by Crippen LogP contribution is -1.91. The molecule has 0 aromatic carbocycles. The molecule has 0 aliphatic carbocycles. The van der Waals surface area contributed by atoms with Gasteiger partial charge in [0.25, 0.3) is 5.91 Å². The third-order valence-corrected chi connectivity index (χ3v) is 3.97. The normalized spacial score (nSPS) is 17.8. The second-order valence-electron chi connectivity index (χ2n) is 6.02. The minimum Gasteiger partial charge on any atom is -0.271 e. The summed E-state index contributed by atoms with van der Waals surface area (Å²) in [5, 5.41) is 0. The average Bonchev–Trinajstić information content (AvgIpc) is 3.23. The number of nitrogens with zero attached hydrogens (tertiary/aromatic N) is 1. The van der Waals surface area contributed by atoms with Gasteiger partial charge in [-0.1, -0.05) is 74.8 Å². The average molecular weight is 325 g/mol. The smallest absolute Gasteiger partial charge is 0.258 e. The maximum absolute atomic E-state index is 11.2. The van der Waals surface area contributed by atoms with E-state index in [1.807, 2.05) is 0 Å². The largest absolute Gasteiger partial charge is 0.271 e. The Morgan fingerprint density at radius 1 is 0.917 bits per heavy atom. The zero-order valence-electron chi connectivity index (χ0n) is 15.0. The lowest BCUT2D eigenvalue weighted by Gasteiger charge is -1.90. The van der Waals surface area contributed by atoms with Crippen LogP contribution in [-0.2, 0) is 4.79 Å². The van der Waals surface area contributed by atoms with Crippen LogP contribution in [0.3, 0.4) is 0 Å². The van der Waals surface area contributed by atoms with E-state index >= 15 is 0 Å². The summed E-state index contributed by atoms with van der Waals surface area (Å²) in [5.74, 6) is 0.0911. The molecular formula is C22H31NO. The fourth-order valence-electron chi connectivity index (χ4n) is 2.44. The van der Waals surface area contributed by atoms with Gasteiger partial charge in [0.2, 0.25) is 0 Å². The molecule has 1 aliphatic rings. The monoisotopic (exact) mass is 325 g/mol. The van der Waals surface area contributed by atoms with Crippen LogP contribution in [0.15, 0.2) is 48.6 Å². The second-order valence-corrected chi connectivity index (χ2v) is 6.02. The van der Waals surface area contributed by atoms with Crippen molar-refractivity contribution in [3.8, 4) is 12.5 Å². The fourth-order valence-corrected chi connectivity index (χ4v) is 2.44. The fraction of sp³-hybridized carbons (Fsp3) is 0.500. The first-order chi connectivity index (χ1) is 11.8. The molecule has 0 spiro atoms. The lowest BCUT2D eigenvalue weighted by molar-refractivity contribution is -0.113. The lowest BCUT2D eigenvalue weighted by atomic mass is 10.2. The Morgan fingerprint density at radius 3 is 1.96 bits per heavy atom. The third kappa shape index (κ3) is 9.20. The summed E-state index contributed by atoms with van der Waals surface area (Å²) in [5.41, 5.74) is 0. The highest BCUT2D eigenvalue weighted by molar-refractivity contribution is 5.98. The third-order valence-electron chi connectivity index (χ3n) is 3.97. The van der Waals surface area contributed by atoms with Crippen molar-refractivity contribution >= 4 is 5.91 Å². The van der Waals surface area contributed by atoms with Gasteiger partial charge in [0.1, 0.15) is 6.04 Å². The van der Waals surface area contributed by atoms with E-state index in [9.17, 15) is 4.79 Å². The van der Waals surface area contributed by atoms with Crippen LogP contribution >= 0.6 is 0 Å². The number of hydrogen-bond acceptors (Lipinski definition) is 1. The van der Waals surface area contributed by atoms with Crippen LogP contribution in [0.25, 0.3) is 0 Å². The molecule has 1 unspecified atom stereocenters. The zero-order chi connectivity index (χ0) is 17.5. The number of carbonyl (C=O) groups is 1. The number of hydrogen-bond donors (Lipinski definition) is 0. The summed E-state index contributed by atoms with van der Waals surface area (Å²) in [6, 6.07) is 2.35. The zero-order valence-corrected chi connectivity index (χ0v) is 15.0. The molecule has 0 radical (unpaired) electrons. The van der Waals surface area contributed by atoms with E-state index in [1.165, 1.54) is 30.6 Å². The number of carbonyl (C=O) groups excluding carboxylic acids is 1. The van der Waals surface area contributed by atoms with Gasteiger partial charge >= 0.3 is 0 Å². The van der Waals surface area contributed by atoms with Crippen molar-refractivity contribution in [3.05, 3.63) is 48.6 Å². The van der Waals surface area contributed by atoms with Crippen LogP contribution < -0.4 is 0 Å². The molecule has 2 heteroatoms. The van der Waals surface area contributed by atoms with Gasteiger partial charge in [-0.15, -0.1) is 0 Å². The minimum absolute atomic E-state index is 0.0268. The summed E-state index contributed by atoms with van der Waals surface area (Å²) in [7, 11) is 0. The molecule has 1 atom stereocenters. The van der Waals surface area contributed by atoms with Crippen LogP contribution in [0.1, 0.15) is 64.7 Å². The Hall–Kier alpha value is -2.01. The first-order valence-electron chi connectivity index (χ1n) is 9.20. The van der Waals surface area contributed by atoms with E-state index in [4.69, 9.17) is 6.42 Å². The van der Waals surface area contributed by atoms with E-state index < -0.39 is 0 Å². The molecule has 130 valence electrons. The Morgan fingerprint density at radius 2 is 1.46 bits per heavy atom. The Bertz CT molecular complexity index is 505. The van der Waals surface area contributed by atoms with Gasteiger partial charge < -0.3 is 0 Å². The molecule has 1 heterocycles. The molecule has 0 saturated carbocycles. The molecule has 1 amide bonds. The van der Waals surface area contributed by atoms with Crippen LogP contribution in [0, 0.1) is 12.5 Å². The quantitative estimate of drug-likeness (QED) is 0.188. The molecule has 2 nitrogen and oxygen atoms in total. The first-order valence-corrected chi connectivity index (χ1v) is 9.20. The van der Waals surface area contributed by atoms with Crippen molar-refractivity contribution in [2.75, 3.05) is 0 Å². The van der Waals surface area contributed by atoms with Crippen molar-refractivity contribution < 1.29 is 4.79 Å². The molecule has 1 fully saturated rings. The molecule has 1 rings (SSSR count). The molecule has 24 heavy (non-hydrogen) atoms. The highest BCUT2D eigenvalue weighted by Gasteiger charge is 2.43. The van der Waals surface area contributed by atoms with Crippen molar-refractivity contribution in [1.82, 2.24) is 4.90 Å². The molecular weight excluding hydrogens is 294 g/mol. The molecule has 0 bridgehead atoms. The molecule has 1 aliphatic heterocycles. The Labute approximate surface area is 148 Å². The number of amides is 1. The number of terminal acetylenes is 1. The number of allylic oxidation sites excluding steroid dienone is 8. The SMILES string of the molecule is C#CN1C(=O)C1CC/C=C\C/C=C\C/C=C\C/C=C\CCCCC. The maximum atomic E-state index is 11.2. The predicted octanol–water partition coefficient (Wildman–Crippen LogP) is 5.54. The summed E-state index contributed by atoms with van der Waals surface area (Å²) in [6.07, 6.45) is 32.7. The van der Waals surface area contributed by atoms with Gasteiger partial charge in [-0.25, -0.2) is 0 Å². The molecule has 0 aromatic rings. The summed E-state index contributed by atoms with van der Waals surface area (Å²) < 4.78 is 0. The van der Waals surface area contributed by atoms with Crippen LogP contribution in [0.5, 0.6) is 0 Å². The first kappa shape index (κ1) is 20.0. The van der Waals surface area contributed by atoms with Crippen molar-refractivity contribution in [2.24, 2.45) is 0 Å². The molecule has 0 N–H and O–H groups in total. The van der Waals surface area contributed by atoms with Crippen LogP contribution in [0.4, 0.5) is 0 Å². The summed E-state index contributed by atoms with van der Waals surface area (Å²) in [6.45, 7) is 2.24. The van der Waals surface area contributed by atoms with Gasteiger partial charge in [0.15, 0.2) is 0 Å². The van der Waals surface area contributed by atoms with Gasteiger partial charge in [0, 0.05) is 6.04 Å². The maximum Gasteiger partial charge on any atom is 0.258 e. The van der Waals surface area contributed by atoms with E-state index in [2.05, 4.69) is 61.6 Å². The van der Waals surface area contributed by atoms with Gasteiger partial charge in [-0.3, -0.25) is 9.69 Å². The summed E-state index contributed by atoms with van der Waals surface area (Å²) in [4.78, 5) is 12.6.